The summed E-state index contributed by atoms with van der Waals surface area (Å²) in [7, 11) is 0. The van der Waals surface area contributed by atoms with Crippen LogP contribution in [0.4, 0.5) is 0 Å². The van der Waals surface area contributed by atoms with Crippen LogP contribution in [-0.2, 0) is 19.1 Å². The first-order valence-electron chi connectivity index (χ1n) is 7.92. The number of carbonyl (C=O) groups is 2. The van der Waals surface area contributed by atoms with Gasteiger partial charge in [0.15, 0.2) is 0 Å². The van der Waals surface area contributed by atoms with Crippen LogP contribution in [0.25, 0.3) is 0 Å². The SMILES string of the molecule is CC(=O)OC1C2CCC3C(OC(C)=O)C4CCC1C4C23. The first-order chi connectivity index (χ1) is 9.58. The summed E-state index contributed by atoms with van der Waals surface area (Å²) in [6.07, 6.45) is 4.79. The smallest absolute Gasteiger partial charge is 0.302 e. The lowest BCUT2D eigenvalue weighted by Crippen LogP contribution is -2.30. The molecule has 0 aromatic heterocycles. The van der Waals surface area contributed by atoms with Gasteiger partial charge in [0.2, 0.25) is 0 Å². The van der Waals surface area contributed by atoms with E-state index in [-0.39, 0.29) is 24.1 Å². The number of carbonyl (C=O) groups excluding carboxylic acids is 2. The van der Waals surface area contributed by atoms with Crippen LogP contribution in [0.3, 0.4) is 0 Å². The van der Waals surface area contributed by atoms with Crippen molar-refractivity contribution in [1.82, 2.24) is 0 Å². The maximum atomic E-state index is 11.4. The summed E-state index contributed by atoms with van der Waals surface area (Å²) >= 11 is 0. The molecular weight excluding hydrogens is 256 g/mol. The summed E-state index contributed by atoms with van der Waals surface area (Å²) in [4.78, 5) is 22.8. The first kappa shape index (κ1) is 12.7. The predicted octanol–water partition coefficient (Wildman–Crippen LogP) is 2.16. The highest BCUT2D eigenvalue weighted by molar-refractivity contribution is 5.66. The lowest BCUT2D eigenvalue weighted by atomic mass is 9.90. The van der Waals surface area contributed by atoms with Gasteiger partial charge in [-0.25, -0.2) is 0 Å². The summed E-state index contributed by atoms with van der Waals surface area (Å²) < 4.78 is 11.4. The van der Waals surface area contributed by atoms with Crippen LogP contribution in [0, 0.1) is 35.5 Å². The van der Waals surface area contributed by atoms with Crippen LogP contribution in [0.5, 0.6) is 0 Å². The van der Waals surface area contributed by atoms with Crippen molar-refractivity contribution in [3.8, 4) is 0 Å². The Balaban J connectivity index is 1.63. The van der Waals surface area contributed by atoms with Crippen molar-refractivity contribution in [3.63, 3.8) is 0 Å². The quantitative estimate of drug-likeness (QED) is 0.726. The van der Waals surface area contributed by atoms with E-state index in [0.29, 0.717) is 35.5 Å². The van der Waals surface area contributed by atoms with Crippen molar-refractivity contribution < 1.29 is 19.1 Å². The summed E-state index contributed by atoms with van der Waals surface area (Å²) in [6, 6.07) is 0. The molecule has 0 radical (unpaired) electrons. The molecular formula is C16H22O4. The molecule has 20 heavy (non-hydrogen) atoms. The molecule has 0 aliphatic heterocycles. The van der Waals surface area contributed by atoms with Crippen molar-refractivity contribution in [3.05, 3.63) is 0 Å². The van der Waals surface area contributed by atoms with Crippen LogP contribution in [0.2, 0.25) is 0 Å². The van der Waals surface area contributed by atoms with E-state index in [1.807, 2.05) is 0 Å². The zero-order valence-electron chi connectivity index (χ0n) is 12.1. The van der Waals surface area contributed by atoms with Gasteiger partial charge in [0, 0.05) is 13.8 Å². The second kappa shape index (κ2) is 4.22. The highest BCUT2D eigenvalue weighted by atomic mass is 16.5. The third kappa shape index (κ3) is 1.54. The molecule has 0 aromatic carbocycles. The number of hydrogen-bond donors (Lipinski definition) is 0. The highest BCUT2D eigenvalue weighted by Crippen LogP contribution is 2.68. The van der Waals surface area contributed by atoms with Crippen LogP contribution < -0.4 is 0 Å². The van der Waals surface area contributed by atoms with Gasteiger partial charge in [-0.3, -0.25) is 9.59 Å². The first-order valence-corrected chi connectivity index (χ1v) is 7.92. The third-order valence-electron chi connectivity index (χ3n) is 6.38. The Morgan fingerprint density at radius 3 is 1.25 bits per heavy atom. The van der Waals surface area contributed by atoms with E-state index in [1.54, 1.807) is 0 Å². The molecule has 4 nitrogen and oxygen atoms in total. The zero-order chi connectivity index (χ0) is 14.0. The van der Waals surface area contributed by atoms with Crippen molar-refractivity contribution in [1.29, 1.82) is 0 Å². The fourth-order valence-corrected chi connectivity index (χ4v) is 6.22. The van der Waals surface area contributed by atoms with Crippen molar-refractivity contribution in [2.75, 3.05) is 0 Å². The minimum Gasteiger partial charge on any atom is -0.462 e. The largest absolute Gasteiger partial charge is 0.462 e. The van der Waals surface area contributed by atoms with E-state index < -0.39 is 0 Å². The Labute approximate surface area is 119 Å². The van der Waals surface area contributed by atoms with Gasteiger partial charge in [-0.2, -0.15) is 0 Å². The molecule has 4 heteroatoms. The lowest BCUT2D eigenvalue weighted by Gasteiger charge is -2.24. The van der Waals surface area contributed by atoms with Gasteiger partial charge < -0.3 is 9.47 Å². The number of ether oxygens (including phenoxy) is 2. The summed E-state index contributed by atoms with van der Waals surface area (Å²) in [6.45, 7) is 3.04. The Kier molecular flexibility index (Phi) is 2.67. The van der Waals surface area contributed by atoms with E-state index in [9.17, 15) is 9.59 Å². The van der Waals surface area contributed by atoms with Gasteiger partial charge in [0.25, 0.3) is 0 Å². The Morgan fingerprint density at radius 1 is 0.700 bits per heavy atom. The van der Waals surface area contributed by atoms with Crippen LogP contribution in [0.1, 0.15) is 39.5 Å². The fraction of sp³-hybridized carbons (Fsp3) is 0.875. The van der Waals surface area contributed by atoms with E-state index in [4.69, 9.17) is 9.47 Å². The average molecular weight is 278 g/mol. The molecule has 0 aromatic rings. The van der Waals surface area contributed by atoms with Gasteiger partial charge in [-0.15, -0.1) is 0 Å². The van der Waals surface area contributed by atoms with E-state index >= 15 is 0 Å². The van der Waals surface area contributed by atoms with E-state index in [1.165, 1.54) is 13.8 Å². The van der Waals surface area contributed by atoms with Gasteiger partial charge in [-0.1, -0.05) is 0 Å². The van der Waals surface area contributed by atoms with E-state index in [0.717, 1.165) is 25.7 Å². The molecule has 4 aliphatic rings. The Bertz CT molecular complexity index is 393. The highest BCUT2D eigenvalue weighted by Gasteiger charge is 2.68. The van der Waals surface area contributed by atoms with Crippen molar-refractivity contribution >= 4 is 11.9 Å². The molecule has 4 saturated carbocycles. The van der Waals surface area contributed by atoms with Crippen molar-refractivity contribution in [2.24, 2.45) is 35.5 Å². The minimum atomic E-state index is -0.140. The topological polar surface area (TPSA) is 52.6 Å². The van der Waals surface area contributed by atoms with Crippen molar-refractivity contribution in [2.45, 2.75) is 51.7 Å². The summed E-state index contributed by atoms with van der Waals surface area (Å²) in [5, 5.41) is 0. The average Bonchev–Trinajstić information content (AvgIpc) is 3.03. The molecule has 4 aliphatic carbocycles. The van der Waals surface area contributed by atoms with E-state index in [2.05, 4.69) is 0 Å². The Morgan fingerprint density at radius 2 is 1.00 bits per heavy atom. The fourth-order valence-electron chi connectivity index (χ4n) is 6.22. The normalized spacial score (nSPS) is 51.1. The molecule has 0 amide bonds. The van der Waals surface area contributed by atoms with Gasteiger partial charge >= 0.3 is 11.9 Å². The second-order valence-electron chi connectivity index (χ2n) is 7.11. The van der Waals surface area contributed by atoms with Crippen LogP contribution in [0.15, 0.2) is 0 Å². The molecule has 0 saturated heterocycles. The second-order valence-corrected chi connectivity index (χ2v) is 7.11. The third-order valence-corrected chi connectivity index (χ3v) is 6.38. The number of hydrogen-bond acceptors (Lipinski definition) is 4. The molecule has 4 unspecified atom stereocenters. The lowest BCUT2D eigenvalue weighted by molar-refractivity contribution is -0.151. The molecule has 0 spiro atoms. The van der Waals surface area contributed by atoms with Gasteiger partial charge in [0.05, 0.1) is 0 Å². The number of rotatable bonds is 2. The molecule has 0 bridgehead atoms. The summed E-state index contributed by atoms with van der Waals surface area (Å²) in [5.74, 6) is 3.04. The van der Waals surface area contributed by atoms with Crippen LogP contribution in [-0.4, -0.2) is 24.1 Å². The molecule has 4 atom stereocenters. The van der Waals surface area contributed by atoms with Gasteiger partial charge in [-0.05, 0) is 61.2 Å². The van der Waals surface area contributed by atoms with Crippen LogP contribution >= 0.6 is 0 Å². The zero-order valence-corrected chi connectivity index (χ0v) is 12.1. The van der Waals surface area contributed by atoms with Gasteiger partial charge in [0.1, 0.15) is 12.2 Å². The summed E-state index contributed by atoms with van der Waals surface area (Å²) in [5.41, 5.74) is 0. The minimum absolute atomic E-state index is 0.135. The standard InChI is InChI=1S/C16H22O4/c1-7(17)19-15-9-3-5-11-13(9)14-10(15)4-6-12(14)16(11)20-8(2)18/h9-16H,3-6H2,1-2H3. The molecule has 0 N–H and O–H groups in total. The molecule has 0 heterocycles. The number of esters is 2. The molecule has 4 fully saturated rings. The molecule has 4 rings (SSSR count). The predicted molar refractivity (Wildman–Crippen MR) is 70.5 cm³/mol. The maximum Gasteiger partial charge on any atom is 0.302 e. The maximum absolute atomic E-state index is 11.4. The Hall–Kier alpha value is -1.06. The molecule has 110 valence electrons. The monoisotopic (exact) mass is 278 g/mol.